The highest BCUT2D eigenvalue weighted by molar-refractivity contribution is 6.15. The van der Waals surface area contributed by atoms with Crippen LogP contribution in [0, 0.1) is 0 Å². The Morgan fingerprint density at radius 3 is 2.67 bits per heavy atom. The fourth-order valence-electron chi connectivity index (χ4n) is 1.15. The van der Waals surface area contributed by atoms with Crippen molar-refractivity contribution in [3.05, 3.63) is 35.9 Å². The largest absolute Gasteiger partial charge is 0.496 e. The highest BCUT2D eigenvalue weighted by Gasteiger charge is 2.12. The molecule has 0 fully saturated rings. The maximum atomic E-state index is 10.7. The average molecular weight is 206 g/mol. The molecule has 0 aliphatic heterocycles. The average Bonchev–Trinajstić information content (AvgIpc) is 2.27. The van der Waals surface area contributed by atoms with Crippen molar-refractivity contribution in [3.8, 4) is 5.75 Å². The summed E-state index contributed by atoms with van der Waals surface area (Å²) in [6.07, 6.45) is 0.663. The van der Waals surface area contributed by atoms with Crippen molar-refractivity contribution in [1.82, 2.24) is 0 Å². The molecule has 1 aromatic carbocycles. The monoisotopic (exact) mass is 206 g/mol. The number of rotatable bonds is 4. The zero-order chi connectivity index (χ0) is 11.4. The number of benzene rings is 1. The van der Waals surface area contributed by atoms with E-state index in [-0.39, 0.29) is 5.57 Å². The van der Waals surface area contributed by atoms with Gasteiger partial charge in [0.25, 0.3) is 0 Å². The summed E-state index contributed by atoms with van der Waals surface area (Å²) in [6, 6.07) is 4.48. The molecule has 0 aliphatic carbocycles. The van der Waals surface area contributed by atoms with E-state index < -0.39 is 5.97 Å². The van der Waals surface area contributed by atoms with Crippen molar-refractivity contribution in [2.75, 3.05) is 7.11 Å². The molecule has 0 saturated carbocycles. The summed E-state index contributed by atoms with van der Waals surface area (Å²) >= 11 is 0. The molecular formula is C11H10O4. The smallest absolute Gasteiger partial charge is 0.335 e. The molecule has 0 heterocycles. The number of carboxylic acid groups (broad SMARTS) is 1. The molecular weight excluding hydrogens is 196 g/mol. The van der Waals surface area contributed by atoms with Crippen molar-refractivity contribution in [1.29, 1.82) is 0 Å². The molecule has 15 heavy (non-hydrogen) atoms. The first-order chi connectivity index (χ1) is 7.10. The van der Waals surface area contributed by atoms with Crippen LogP contribution in [-0.2, 0) is 4.79 Å². The van der Waals surface area contributed by atoms with Crippen molar-refractivity contribution >= 4 is 17.8 Å². The standard InChI is InChI=1S/C11H10O4/c1-7(11(13)14)9-4-3-8(6-12)5-10(9)15-2/h3-6H,1H2,2H3,(H,13,14). The fraction of sp³-hybridized carbons (Fsp3) is 0.0909. The predicted molar refractivity (Wildman–Crippen MR) is 55.1 cm³/mol. The van der Waals surface area contributed by atoms with Crippen molar-refractivity contribution in [2.24, 2.45) is 0 Å². The zero-order valence-corrected chi connectivity index (χ0v) is 8.19. The molecule has 4 nitrogen and oxygen atoms in total. The van der Waals surface area contributed by atoms with Gasteiger partial charge in [-0.05, 0) is 12.1 Å². The van der Waals surface area contributed by atoms with E-state index in [1.807, 2.05) is 0 Å². The zero-order valence-electron chi connectivity index (χ0n) is 8.19. The van der Waals surface area contributed by atoms with E-state index >= 15 is 0 Å². The van der Waals surface area contributed by atoms with Gasteiger partial charge in [-0.15, -0.1) is 0 Å². The van der Waals surface area contributed by atoms with E-state index in [0.717, 1.165) is 0 Å². The molecule has 1 aromatic rings. The first-order valence-corrected chi connectivity index (χ1v) is 4.16. The number of methoxy groups -OCH3 is 1. The third kappa shape index (κ3) is 2.22. The van der Waals surface area contributed by atoms with Gasteiger partial charge in [0.15, 0.2) is 0 Å². The lowest BCUT2D eigenvalue weighted by molar-refractivity contribution is -0.130. The number of carboxylic acids is 1. The summed E-state index contributed by atoms with van der Waals surface area (Å²) in [5.41, 5.74) is 0.730. The van der Waals surface area contributed by atoms with Gasteiger partial charge in [0, 0.05) is 11.1 Å². The van der Waals surface area contributed by atoms with Gasteiger partial charge in [-0.3, -0.25) is 4.79 Å². The Morgan fingerprint density at radius 2 is 2.20 bits per heavy atom. The second-order valence-electron chi connectivity index (χ2n) is 2.86. The summed E-state index contributed by atoms with van der Waals surface area (Å²) in [7, 11) is 1.41. The molecule has 4 heteroatoms. The van der Waals surface area contributed by atoms with Crippen LogP contribution in [0.5, 0.6) is 5.75 Å². The lowest BCUT2D eigenvalue weighted by Crippen LogP contribution is -2.01. The van der Waals surface area contributed by atoms with Crippen LogP contribution in [0.4, 0.5) is 0 Å². The third-order valence-electron chi connectivity index (χ3n) is 1.94. The Labute approximate surface area is 86.8 Å². The van der Waals surface area contributed by atoms with Crippen LogP contribution < -0.4 is 4.74 Å². The van der Waals surface area contributed by atoms with Gasteiger partial charge in [-0.25, -0.2) is 4.79 Å². The normalized spacial score (nSPS) is 9.40. The van der Waals surface area contributed by atoms with Gasteiger partial charge in [0.1, 0.15) is 12.0 Å². The second-order valence-corrected chi connectivity index (χ2v) is 2.86. The third-order valence-corrected chi connectivity index (χ3v) is 1.94. The van der Waals surface area contributed by atoms with Gasteiger partial charge in [0.2, 0.25) is 0 Å². The quantitative estimate of drug-likeness (QED) is 0.600. The Bertz CT molecular complexity index is 421. The number of aliphatic carboxylic acids is 1. The van der Waals surface area contributed by atoms with Gasteiger partial charge in [-0.2, -0.15) is 0 Å². The molecule has 1 rings (SSSR count). The first-order valence-electron chi connectivity index (χ1n) is 4.16. The number of ether oxygens (including phenoxy) is 1. The minimum atomic E-state index is -1.12. The van der Waals surface area contributed by atoms with E-state index in [9.17, 15) is 9.59 Å². The van der Waals surface area contributed by atoms with Gasteiger partial charge < -0.3 is 9.84 Å². The molecule has 0 saturated heterocycles. The van der Waals surface area contributed by atoms with Crippen LogP contribution in [0.25, 0.3) is 5.57 Å². The van der Waals surface area contributed by atoms with Crippen molar-refractivity contribution < 1.29 is 19.4 Å². The SMILES string of the molecule is C=C(C(=O)O)c1ccc(C=O)cc1OC. The lowest BCUT2D eigenvalue weighted by atomic mass is 10.0. The second kappa shape index (κ2) is 4.41. The molecule has 0 bridgehead atoms. The number of hydrogen-bond donors (Lipinski definition) is 1. The van der Waals surface area contributed by atoms with Crippen molar-refractivity contribution in [2.45, 2.75) is 0 Å². The Hall–Kier alpha value is -2.10. The van der Waals surface area contributed by atoms with Gasteiger partial charge in [-0.1, -0.05) is 12.6 Å². The molecule has 1 N–H and O–H groups in total. The van der Waals surface area contributed by atoms with Crippen LogP contribution >= 0.6 is 0 Å². The first kappa shape index (κ1) is 11.0. The van der Waals surface area contributed by atoms with Gasteiger partial charge >= 0.3 is 5.97 Å². The van der Waals surface area contributed by atoms with Crippen LogP contribution in [0.15, 0.2) is 24.8 Å². The summed E-state index contributed by atoms with van der Waals surface area (Å²) in [5, 5.41) is 8.76. The summed E-state index contributed by atoms with van der Waals surface area (Å²) < 4.78 is 4.98. The lowest BCUT2D eigenvalue weighted by Gasteiger charge is -2.08. The summed E-state index contributed by atoms with van der Waals surface area (Å²) in [5.74, 6) is -0.792. The Balaban J connectivity index is 3.24. The molecule has 0 unspecified atom stereocenters. The van der Waals surface area contributed by atoms with E-state index in [4.69, 9.17) is 9.84 Å². The topological polar surface area (TPSA) is 63.6 Å². The highest BCUT2D eigenvalue weighted by atomic mass is 16.5. The van der Waals surface area contributed by atoms with E-state index in [2.05, 4.69) is 6.58 Å². The van der Waals surface area contributed by atoms with Crippen LogP contribution in [0.2, 0.25) is 0 Å². The Kier molecular flexibility index (Phi) is 3.23. The Morgan fingerprint density at radius 1 is 1.53 bits per heavy atom. The molecule has 78 valence electrons. The van der Waals surface area contributed by atoms with Crippen LogP contribution in [0.3, 0.4) is 0 Å². The summed E-state index contributed by atoms with van der Waals surface area (Å²) in [6.45, 7) is 3.42. The predicted octanol–water partition coefficient (Wildman–Crippen LogP) is 1.61. The molecule has 0 amide bonds. The maximum Gasteiger partial charge on any atom is 0.335 e. The molecule has 0 aliphatic rings. The van der Waals surface area contributed by atoms with Gasteiger partial charge in [0.05, 0.1) is 12.7 Å². The number of aldehydes is 1. The number of carbonyl (C=O) groups excluding carboxylic acids is 1. The minimum Gasteiger partial charge on any atom is -0.496 e. The molecule has 0 radical (unpaired) electrons. The fourth-order valence-corrected chi connectivity index (χ4v) is 1.15. The maximum absolute atomic E-state index is 10.7. The van der Waals surface area contributed by atoms with E-state index in [1.54, 1.807) is 0 Å². The van der Waals surface area contributed by atoms with E-state index in [1.165, 1.54) is 25.3 Å². The highest BCUT2D eigenvalue weighted by Crippen LogP contribution is 2.25. The summed E-state index contributed by atoms with van der Waals surface area (Å²) in [4.78, 5) is 21.2. The number of carbonyl (C=O) groups is 2. The van der Waals surface area contributed by atoms with Crippen molar-refractivity contribution in [3.63, 3.8) is 0 Å². The van der Waals surface area contributed by atoms with E-state index in [0.29, 0.717) is 23.2 Å². The van der Waals surface area contributed by atoms with Crippen LogP contribution in [0.1, 0.15) is 15.9 Å². The molecule has 0 spiro atoms. The van der Waals surface area contributed by atoms with Crippen LogP contribution in [-0.4, -0.2) is 24.5 Å². The molecule has 0 atom stereocenters. The minimum absolute atomic E-state index is 0.0655. The number of hydrogen-bond acceptors (Lipinski definition) is 3. The molecule has 0 aromatic heterocycles.